The molecule has 0 spiro atoms. The first kappa shape index (κ1) is 26.5. The van der Waals surface area contributed by atoms with Gasteiger partial charge in [-0.05, 0) is 18.8 Å². The average Bonchev–Trinajstić information content (AvgIpc) is 3.67. The molecule has 1 aromatic heterocycles. The summed E-state index contributed by atoms with van der Waals surface area (Å²) in [5.74, 6) is -1.40. The van der Waals surface area contributed by atoms with Crippen LogP contribution < -0.4 is 11.1 Å². The van der Waals surface area contributed by atoms with Gasteiger partial charge in [0.1, 0.15) is 30.3 Å². The van der Waals surface area contributed by atoms with Crippen LogP contribution in [0.25, 0.3) is 0 Å². The molecule has 15 heteroatoms. The van der Waals surface area contributed by atoms with E-state index in [4.69, 9.17) is 10.6 Å². The number of carboxylic acids is 1. The van der Waals surface area contributed by atoms with Gasteiger partial charge in [0.15, 0.2) is 5.13 Å². The largest absolute Gasteiger partial charge is 0.477 e. The summed E-state index contributed by atoms with van der Waals surface area (Å²) in [6.45, 7) is 3.86. The van der Waals surface area contributed by atoms with Crippen LogP contribution in [-0.2, 0) is 19.2 Å². The van der Waals surface area contributed by atoms with Gasteiger partial charge in [-0.1, -0.05) is 5.16 Å². The van der Waals surface area contributed by atoms with Gasteiger partial charge in [-0.3, -0.25) is 14.5 Å². The third kappa shape index (κ3) is 4.89. The molecule has 2 amide bonds. The average molecular weight is 579 g/mol. The normalized spacial score (nSPS) is 32.1. The highest BCUT2D eigenvalue weighted by Gasteiger charge is 2.56. The maximum Gasteiger partial charge on any atom is 0.352 e. The van der Waals surface area contributed by atoms with E-state index in [0.717, 1.165) is 73.3 Å². The number of nitrogens with zero attached hydrogens (tertiary/aromatic N) is 5. The molecule has 210 valence electrons. The molecule has 2 bridgehead atoms. The van der Waals surface area contributed by atoms with E-state index in [1.807, 2.05) is 0 Å². The second-order valence-electron chi connectivity index (χ2n) is 11.3. The van der Waals surface area contributed by atoms with Gasteiger partial charge in [-0.15, -0.1) is 11.8 Å². The van der Waals surface area contributed by atoms with Crippen molar-refractivity contribution in [3.8, 4) is 0 Å². The topological polar surface area (TPSA) is 180 Å². The van der Waals surface area contributed by atoms with Crippen molar-refractivity contribution in [2.75, 3.05) is 50.9 Å². The monoisotopic (exact) mass is 578 g/mol. The summed E-state index contributed by atoms with van der Waals surface area (Å²) in [6, 6.07) is -0.912. The number of oxime groups is 1. The Morgan fingerprint density at radius 2 is 1.97 bits per heavy atom. The first-order chi connectivity index (χ1) is 18.7. The Bertz CT molecular complexity index is 1240. The number of hydrogen-bond acceptors (Lipinski definition) is 11. The number of nitrogen functional groups attached to an aromatic ring is 1. The molecule has 4 saturated heterocycles. The molecule has 5 N–H and O–H groups in total. The van der Waals surface area contributed by atoms with Gasteiger partial charge >= 0.3 is 5.97 Å². The van der Waals surface area contributed by atoms with Gasteiger partial charge in [-0.2, -0.15) is 9.36 Å². The predicted octanol–water partition coefficient (Wildman–Crippen LogP) is -0.0174. The number of nitrogens with two attached hydrogens (primary N) is 1. The quantitative estimate of drug-likeness (QED) is 0.128. The molecule has 1 saturated carbocycles. The Morgan fingerprint density at radius 3 is 2.56 bits per heavy atom. The number of fused-ring (bicyclic) bond motifs is 4. The lowest BCUT2D eigenvalue weighted by molar-refractivity contribution is -0.941. The minimum atomic E-state index is -1.14. The number of hydrogen-bond donors (Lipinski definition) is 4. The summed E-state index contributed by atoms with van der Waals surface area (Å²) in [5.41, 5.74) is 6.31. The number of carbonyl (C=O) groups is 3. The fraction of sp³-hybridized carbons (Fsp3) is 0.667. The number of anilines is 1. The summed E-state index contributed by atoms with van der Waals surface area (Å²) in [4.78, 5) is 49.5. The lowest BCUT2D eigenvalue weighted by Gasteiger charge is -2.55. The molecular formula is C24H32N7O6S2+. The minimum absolute atomic E-state index is 0.0141. The van der Waals surface area contributed by atoms with E-state index in [0.29, 0.717) is 24.8 Å². The van der Waals surface area contributed by atoms with Gasteiger partial charge in [0.2, 0.25) is 11.5 Å². The number of aromatic nitrogens is 2. The van der Waals surface area contributed by atoms with Gasteiger partial charge < -0.3 is 30.6 Å². The molecule has 1 aromatic rings. The maximum absolute atomic E-state index is 13.2. The Hall–Kier alpha value is -2.75. The zero-order valence-electron chi connectivity index (χ0n) is 21.4. The van der Waals surface area contributed by atoms with E-state index >= 15 is 0 Å². The smallest absolute Gasteiger partial charge is 0.352 e. The second kappa shape index (κ2) is 10.0. The molecule has 0 unspecified atom stereocenters. The molecule has 13 nitrogen and oxygen atoms in total. The molecule has 2 atom stereocenters. The van der Waals surface area contributed by atoms with Crippen LogP contribution in [0.4, 0.5) is 5.13 Å². The van der Waals surface area contributed by atoms with Crippen molar-refractivity contribution in [3.63, 3.8) is 0 Å². The van der Waals surface area contributed by atoms with E-state index < -0.39 is 29.2 Å². The van der Waals surface area contributed by atoms with Crippen LogP contribution >= 0.6 is 23.3 Å². The van der Waals surface area contributed by atoms with Crippen LogP contribution in [0.3, 0.4) is 0 Å². The van der Waals surface area contributed by atoms with Crippen LogP contribution in [0.2, 0.25) is 0 Å². The van der Waals surface area contributed by atoms with Crippen LogP contribution in [-0.4, -0.2) is 109 Å². The molecule has 6 aliphatic rings. The summed E-state index contributed by atoms with van der Waals surface area (Å²) in [5, 5.41) is 26.3. The van der Waals surface area contributed by atoms with Crippen molar-refractivity contribution >= 4 is 51.9 Å². The van der Waals surface area contributed by atoms with Crippen LogP contribution in [0.5, 0.6) is 0 Å². The van der Waals surface area contributed by atoms with Crippen molar-refractivity contribution in [1.29, 1.82) is 0 Å². The predicted molar refractivity (Wildman–Crippen MR) is 142 cm³/mol. The summed E-state index contributed by atoms with van der Waals surface area (Å²) < 4.78 is 4.86. The Kier molecular flexibility index (Phi) is 6.80. The number of carboxylic acid groups (broad SMARTS) is 1. The van der Waals surface area contributed by atoms with E-state index in [1.165, 1.54) is 16.7 Å². The highest BCUT2D eigenvalue weighted by atomic mass is 32.2. The lowest BCUT2D eigenvalue weighted by Crippen LogP contribution is -2.71. The number of quaternary nitrogens is 1. The summed E-state index contributed by atoms with van der Waals surface area (Å²) >= 11 is 2.37. The van der Waals surface area contributed by atoms with E-state index in [-0.39, 0.29) is 34.4 Å². The van der Waals surface area contributed by atoms with Gasteiger partial charge in [-0.25, -0.2) is 4.79 Å². The standard InChI is InChI=1S/C24H31N7O6S2/c25-23-27-18(29-39-23)15(28-37-10-13-1-2-13)19(33)26-16-20(34)30-17(22(35)36)14(11-38-21(16)30)9-31-6-3-24(12-32,4-7-31)5-8-31/h13,16,21,32H,1-12H2,(H3-,25,26,27,29,33,35,36)/p+1/b28-15-/t16-,21+,24?,31?/m1/s1. The van der Waals surface area contributed by atoms with Gasteiger partial charge in [0.25, 0.3) is 11.8 Å². The van der Waals surface area contributed by atoms with Crippen LogP contribution in [0.1, 0.15) is 37.9 Å². The number of aliphatic hydroxyl groups is 1. The zero-order chi connectivity index (χ0) is 27.4. The van der Waals surface area contributed by atoms with E-state index in [1.54, 1.807) is 0 Å². The molecule has 7 rings (SSSR count). The Morgan fingerprint density at radius 1 is 1.26 bits per heavy atom. The first-order valence-electron chi connectivity index (χ1n) is 13.2. The number of thioether (sulfide) groups is 1. The number of β-lactam (4-membered cyclic amide) rings is 1. The van der Waals surface area contributed by atoms with Crippen molar-refractivity contribution in [1.82, 2.24) is 19.6 Å². The second-order valence-corrected chi connectivity index (χ2v) is 13.2. The van der Waals surface area contributed by atoms with Gasteiger partial charge in [0, 0.05) is 54.1 Å². The molecular weight excluding hydrogens is 546 g/mol. The molecule has 0 aromatic carbocycles. The maximum atomic E-state index is 13.2. The van der Waals surface area contributed by atoms with Crippen molar-refractivity contribution in [2.24, 2.45) is 16.5 Å². The lowest BCUT2D eigenvalue weighted by atomic mass is 9.71. The number of aliphatic carboxylic acids is 1. The number of piperidine rings is 3. The van der Waals surface area contributed by atoms with Crippen LogP contribution in [0.15, 0.2) is 16.4 Å². The van der Waals surface area contributed by atoms with E-state index in [9.17, 15) is 24.6 Å². The number of rotatable bonds is 10. The zero-order valence-corrected chi connectivity index (χ0v) is 23.0. The fourth-order valence-corrected chi connectivity index (χ4v) is 7.80. The highest BCUT2D eigenvalue weighted by molar-refractivity contribution is 8.00. The SMILES string of the molecule is Nc1nc(/C(=N/OCC2CC2)C(=O)N[C@@H]2C(=O)N3C(C(=O)O)=C(C[N+]45CCC(CO)(CC4)CC5)CS[C@@H]23)ns1. The number of carbonyl (C=O) groups excluding carboxylic acids is 2. The third-order valence-electron chi connectivity index (χ3n) is 8.78. The molecule has 39 heavy (non-hydrogen) atoms. The minimum Gasteiger partial charge on any atom is -0.477 e. The first-order valence-corrected chi connectivity index (χ1v) is 15.0. The third-order valence-corrected chi connectivity index (χ3v) is 10.7. The molecule has 6 heterocycles. The van der Waals surface area contributed by atoms with Gasteiger partial charge in [0.05, 0.1) is 19.6 Å². The van der Waals surface area contributed by atoms with Crippen molar-refractivity contribution in [2.45, 2.75) is 43.5 Å². The highest BCUT2D eigenvalue weighted by Crippen LogP contribution is 2.46. The molecule has 1 aliphatic carbocycles. The fourth-order valence-electron chi connectivity index (χ4n) is 6.03. The Labute approximate surface area is 233 Å². The number of amides is 2. The van der Waals surface area contributed by atoms with Crippen molar-refractivity contribution < 1.29 is 33.9 Å². The molecule has 5 fully saturated rings. The number of nitrogens with one attached hydrogen (secondary N) is 1. The van der Waals surface area contributed by atoms with Crippen LogP contribution in [0, 0.1) is 11.3 Å². The van der Waals surface area contributed by atoms with Crippen molar-refractivity contribution in [3.05, 3.63) is 17.1 Å². The summed E-state index contributed by atoms with van der Waals surface area (Å²) in [7, 11) is 0. The number of aliphatic hydroxyl groups excluding tert-OH is 1. The summed E-state index contributed by atoms with van der Waals surface area (Å²) in [6.07, 6.45) is 4.89. The van der Waals surface area contributed by atoms with E-state index in [2.05, 4.69) is 19.8 Å². The Balaban J connectivity index is 1.17. The molecule has 5 aliphatic heterocycles. The molecule has 0 radical (unpaired) electrons.